The lowest BCUT2D eigenvalue weighted by molar-refractivity contribution is 0.0746. The van der Waals surface area contributed by atoms with Crippen molar-refractivity contribution in [3.63, 3.8) is 0 Å². The van der Waals surface area contributed by atoms with E-state index in [4.69, 9.17) is 0 Å². The van der Waals surface area contributed by atoms with Gasteiger partial charge in [0.15, 0.2) is 0 Å². The molecule has 1 saturated heterocycles. The van der Waals surface area contributed by atoms with Gasteiger partial charge >= 0.3 is 0 Å². The number of aromatic nitrogens is 2. The molecule has 3 rings (SSSR count). The monoisotopic (exact) mass is 342 g/mol. The molecule has 0 aliphatic carbocycles. The smallest absolute Gasteiger partial charge is 0.254 e. The second kappa shape index (κ2) is 7.17. The molecule has 132 valence electrons. The quantitative estimate of drug-likeness (QED) is 0.860. The minimum absolute atomic E-state index is 0.124. The van der Waals surface area contributed by atoms with Crippen LogP contribution in [0.1, 0.15) is 41.6 Å². The third-order valence-corrected chi connectivity index (χ3v) is 4.34. The largest absolute Gasteiger partial charge is 0.353 e. The number of rotatable bonds is 3. The lowest BCUT2D eigenvalue weighted by Gasteiger charge is -2.35. The third kappa shape index (κ3) is 3.95. The summed E-state index contributed by atoms with van der Waals surface area (Å²) in [7, 11) is 0. The highest BCUT2D eigenvalue weighted by Crippen LogP contribution is 2.19. The van der Waals surface area contributed by atoms with E-state index in [9.17, 15) is 9.18 Å². The molecule has 1 fully saturated rings. The molecule has 1 aromatic carbocycles. The summed E-state index contributed by atoms with van der Waals surface area (Å²) < 4.78 is 13.3. The Morgan fingerprint density at radius 1 is 1.12 bits per heavy atom. The SMILES string of the molecule is Cc1cc(N2CCN(C(=O)c3cccc(F)c3)CC2)nc(C(C)C)n1. The molecule has 0 atom stereocenters. The number of amides is 1. The Kier molecular flexibility index (Phi) is 4.97. The topological polar surface area (TPSA) is 49.3 Å². The van der Waals surface area contributed by atoms with Crippen molar-refractivity contribution in [1.29, 1.82) is 0 Å². The number of nitrogens with zero attached hydrogens (tertiary/aromatic N) is 4. The van der Waals surface area contributed by atoms with Gasteiger partial charge in [0.1, 0.15) is 17.5 Å². The van der Waals surface area contributed by atoms with E-state index in [0.717, 1.165) is 17.3 Å². The molecule has 1 aliphatic rings. The van der Waals surface area contributed by atoms with Crippen LogP contribution in [0.25, 0.3) is 0 Å². The van der Waals surface area contributed by atoms with Crippen molar-refractivity contribution in [3.8, 4) is 0 Å². The molecule has 1 aromatic heterocycles. The van der Waals surface area contributed by atoms with Crippen LogP contribution < -0.4 is 4.90 Å². The predicted octanol–water partition coefficient (Wildman–Crippen LogP) is 3.01. The van der Waals surface area contributed by atoms with E-state index in [-0.39, 0.29) is 17.6 Å². The second-order valence-electron chi connectivity index (χ2n) is 6.67. The molecule has 0 unspecified atom stereocenters. The van der Waals surface area contributed by atoms with E-state index in [0.29, 0.717) is 31.7 Å². The molecule has 5 nitrogen and oxygen atoms in total. The summed E-state index contributed by atoms with van der Waals surface area (Å²) in [6.07, 6.45) is 0. The fraction of sp³-hybridized carbons (Fsp3) is 0.421. The highest BCUT2D eigenvalue weighted by atomic mass is 19.1. The van der Waals surface area contributed by atoms with Gasteiger partial charge in [-0.25, -0.2) is 14.4 Å². The molecular formula is C19H23FN4O. The van der Waals surface area contributed by atoms with Gasteiger partial charge in [-0.2, -0.15) is 0 Å². The molecule has 0 spiro atoms. The minimum Gasteiger partial charge on any atom is -0.353 e. The second-order valence-corrected chi connectivity index (χ2v) is 6.67. The van der Waals surface area contributed by atoms with Gasteiger partial charge in [-0.05, 0) is 25.1 Å². The number of benzene rings is 1. The van der Waals surface area contributed by atoms with Crippen molar-refractivity contribution < 1.29 is 9.18 Å². The van der Waals surface area contributed by atoms with Crippen molar-refractivity contribution in [1.82, 2.24) is 14.9 Å². The zero-order valence-electron chi connectivity index (χ0n) is 14.9. The zero-order chi connectivity index (χ0) is 18.0. The molecule has 6 heteroatoms. The van der Waals surface area contributed by atoms with Crippen LogP contribution in [0.5, 0.6) is 0 Å². The van der Waals surface area contributed by atoms with E-state index >= 15 is 0 Å². The Morgan fingerprint density at radius 2 is 1.84 bits per heavy atom. The van der Waals surface area contributed by atoms with Gasteiger partial charge in [0.2, 0.25) is 0 Å². The molecule has 0 saturated carbocycles. The van der Waals surface area contributed by atoms with Crippen molar-refractivity contribution >= 4 is 11.7 Å². The zero-order valence-corrected chi connectivity index (χ0v) is 14.9. The summed E-state index contributed by atoms with van der Waals surface area (Å²) in [4.78, 5) is 25.6. The number of halogens is 1. The van der Waals surface area contributed by atoms with Crippen LogP contribution >= 0.6 is 0 Å². The number of anilines is 1. The molecule has 2 aromatic rings. The lowest BCUT2D eigenvalue weighted by atomic mass is 10.1. The van der Waals surface area contributed by atoms with Gasteiger partial charge in [0.25, 0.3) is 5.91 Å². The molecule has 1 amide bonds. The van der Waals surface area contributed by atoms with Crippen LogP contribution in [0.3, 0.4) is 0 Å². The van der Waals surface area contributed by atoms with Crippen LogP contribution in [0.15, 0.2) is 30.3 Å². The van der Waals surface area contributed by atoms with Gasteiger partial charge in [-0.3, -0.25) is 4.79 Å². The minimum atomic E-state index is -0.387. The summed E-state index contributed by atoms with van der Waals surface area (Å²) >= 11 is 0. The van der Waals surface area contributed by atoms with Crippen LogP contribution in [0.4, 0.5) is 10.2 Å². The van der Waals surface area contributed by atoms with Crippen molar-refractivity contribution in [2.75, 3.05) is 31.1 Å². The Labute approximate surface area is 147 Å². The summed E-state index contributed by atoms with van der Waals surface area (Å²) in [5.41, 5.74) is 1.35. The highest BCUT2D eigenvalue weighted by Gasteiger charge is 2.23. The van der Waals surface area contributed by atoms with Crippen molar-refractivity contribution in [2.24, 2.45) is 0 Å². The summed E-state index contributed by atoms with van der Waals surface area (Å²) in [6, 6.07) is 7.84. The van der Waals surface area contributed by atoms with Crippen molar-refractivity contribution in [2.45, 2.75) is 26.7 Å². The number of carbonyl (C=O) groups excluding carboxylic acids is 1. The van der Waals surface area contributed by atoms with Gasteiger partial charge in [0.05, 0.1) is 0 Å². The first-order chi connectivity index (χ1) is 11.9. The van der Waals surface area contributed by atoms with E-state index < -0.39 is 0 Å². The maximum atomic E-state index is 13.3. The van der Waals surface area contributed by atoms with Crippen LogP contribution in [0, 0.1) is 12.7 Å². The summed E-state index contributed by atoms with van der Waals surface area (Å²) in [5, 5.41) is 0. The highest BCUT2D eigenvalue weighted by molar-refractivity contribution is 5.94. The van der Waals surface area contributed by atoms with E-state index in [2.05, 4.69) is 28.7 Å². The fourth-order valence-corrected chi connectivity index (χ4v) is 2.94. The molecule has 0 N–H and O–H groups in total. The predicted molar refractivity (Wildman–Crippen MR) is 95.4 cm³/mol. The summed E-state index contributed by atoms with van der Waals surface area (Å²) in [5.74, 6) is 1.51. The van der Waals surface area contributed by atoms with Gasteiger partial charge in [-0.1, -0.05) is 19.9 Å². The molecule has 2 heterocycles. The lowest BCUT2D eigenvalue weighted by Crippen LogP contribution is -2.49. The van der Waals surface area contributed by atoms with Gasteiger partial charge < -0.3 is 9.80 Å². The first kappa shape index (κ1) is 17.3. The number of hydrogen-bond acceptors (Lipinski definition) is 4. The molecule has 0 bridgehead atoms. The molecule has 0 radical (unpaired) electrons. The first-order valence-electron chi connectivity index (χ1n) is 8.59. The maximum Gasteiger partial charge on any atom is 0.254 e. The van der Waals surface area contributed by atoms with Crippen LogP contribution in [-0.2, 0) is 0 Å². The molecular weight excluding hydrogens is 319 g/mol. The van der Waals surface area contributed by atoms with Crippen LogP contribution in [0.2, 0.25) is 0 Å². The normalized spacial score (nSPS) is 14.9. The first-order valence-corrected chi connectivity index (χ1v) is 8.59. The fourth-order valence-electron chi connectivity index (χ4n) is 2.94. The summed E-state index contributed by atoms with van der Waals surface area (Å²) in [6.45, 7) is 8.72. The Morgan fingerprint density at radius 3 is 2.48 bits per heavy atom. The number of piperazine rings is 1. The van der Waals surface area contributed by atoms with Crippen molar-refractivity contribution in [3.05, 3.63) is 53.2 Å². The Bertz CT molecular complexity index is 770. The van der Waals surface area contributed by atoms with Gasteiger partial charge in [0, 0.05) is 49.4 Å². The maximum absolute atomic E-state index is 13.3. The number of hydrogen-bond donors (Lipinski definition) is 0. The van der Waals surface area contributed by atoms with Gasteiger partial charge in [-0.15, -0.1) is 0 Å². The average Bonchev–Trinajstić information content (AvgIpc) is 2.60. The number of carbonyl (C=O) groups is 1. The third-order valence-electron chi connectivity index (χ3n) is 4.34. The number of aryl methyl sites for hydroxylation is 1. The molecule has 25 heavy (non-hydrogen) atoms. The van der Waals surface area contributed by atoms with E-state index in [1.54, 1.807) is 17.0 Å². The van der Waals surface area contributed by atoms with E-state index in [1.807, 2.05) is 13.0 Å². The molecule has 1 aliphatic heterocycles. The Hall–Kier alpha value is -2.50. The standard InChI is InChI=1S/C19H23FN4O/c1-13(2)18-21-14(3)11-17(22-18)23-7-9-24(10-8-23)19(25)15-5-4-6-16(20)12-15/h4-6,11-13H,7-10H2,1-3H3. The van der Waals surface area contributed by atoms with Crippen LogP contribution in [-0.4, -0.2) is 47.0 Å². The average molecular weight is 342 g/mol. The van der Waals surface area contributed by atoms with E-state index in [1.165, 1.54) is 12.1 Å². The Balaban J connectivity index is 1.69.